The SMILES string of the molecule is CCCOCCC(NN)c1ccnn1CC. The molecule has 0 aliphatic carbocycles. The number of aromatic nitrogens is 2. The Morgan fingerprint density at radius 3 is 2.94 bits per heavy atom. The van der Waals surface area contributed by atoms with E-state index in [1.165, 1.54) is 0 Å². The topological polar surface area (TPSA) is 65.1 Å². The maximum Gasteiger partial charge on any atom is 0.0650 e. The van der Waals surface area contributed by atoms with E-state index in [1.807, 2.05) is 10.7 Å². The van der Waals surface area contributed by atoms with E-state index >= 15 is 0 Å². The number of hydrogen-bond donors (Lipinski definition) is 2. The molecule has 1 atom stereocenters. The predicted molar refractivity (Wildman–Crippen MR) is 63.7 cm³/mol. The molecule has 0 aliphatic rings. The van der Waals surface area contributed by atoms with Crippen LogP contribution in [0.5, 0.6) is 0 Å². The third-order valence-electron chi connectivity index (χ3n) is 2.51. The second-order valence-electron chi connectivity index (χ2n) is 3.69. The molecule has 1 aromatic heterocycles. The zero-order valence-electron chi connectivity index (χ0n) is 10.1. The van der Waals surface area contributed by atoms with Crippen molar-refractivity contribution in [2.45, 2.75) is 39.3 Å². The van der Waals surface area contributed by atoms with E-state index in [-0.39, 0.29) is 6.04 Å². The van der Waals surface area contributed by atoms with Crippen LogP contribution >= 0.6 is 0 Å². The molecule has 1 heterocycles. The minimum absolute atomic E-state index is 0.110. The highest BCUT2D eigenvalue weighted by Crippen LogP contribution is 2.15. The molecule has 0 aromatic carbocycles. The lowest BCUT2D eigenvalue weighted by Crippen LogP contribution is -2.30. The third kappa shape index (κ3) is 3.59. The lowest BCUT2D eigenvalue weighted by atomic mass is 10.1. The Kier molecular flexibility index (Phi) is 6.07. The molecule has 0 spiro atoms. The largest absolute Gasteiger partial charge is 0.381 e. The van der Waals surface area contributed by atoms with Crippen molar-refractivity contribution in [3.63, 3.8) is 0 Å². The van der Waals surface area contributed by atoms with E-state index in [0.29, 0.717) is 0 Å². The van der Waals surface area contributed by atoms with Crippen LogP contribution in [-0.4, -0.2) is 23.0 Å². The van der Waals surface area contributed by atoms with Gasteiger partial charge in [0.15, 0.2) is 0 Å². The number of nitrogens with two attached hydrogens (primary N) is 1. The van der Waals surface area contributed by atoms with Crippen molar-refractivity contribution < 1.29 is 4.74 Å². The van der Waals surface area contributed by atoms with Gasteiger partial charge in [0.1, 0.15) is 0 Å². The number of aryl methyl sites for hydroxylation is 1. The van der Waals surface area contributed by atoms with Gasteiger partial charge >= 0.3 is 0 Å². The molecule has 92 valence electrons. The minimum Gasteiger partial charge on any atom is -0.381 e. The van der Waals surface area contributed by atoms with Crippen LogP contribution in [0.3, 0.4) is 0 Å². The predicted octanol–water partition coefficient (Wildman–Crippen LogP) is 1.22. The van der Waals surface area contributed by atoms with Gasteiger partial charge in [-0.05, 0) is 25.8 Å². The summed E-state index contributed by atoms with van der Waals surface area (Å²) in [5, 5.41) is 4.23. The van der Waals surface area contributed by atoms with Gasteiger partial charge in [-0.2, -0.15) is 5.10 Å². The van der Waals surface area contributed by atoms with Crippen LogP contribution in [0.1, 0.15) is 38.4 Å². The van der Waals surface area contributed by atoms with Gasteiger partial charge in [-0.15, -0.1) is 0 Å². The second kappa shape index (κ2) is 7.38. The Labute approximate surface area is 96.9 Å². The van der Waals surface area contributed by atoms with Crippen LogP contribution < -0.4 is 11.3 Å². The summed E-state index contributed by atoms with van der Waals surface area (Å²) >= 11 is 0. The summed E-state index contributed by atoms with van der Waals surface area (Å²) in [5.41, 5.74) is 3.93. The Morgan fingerprint density at radius 2 is 2.31 bits per heavy atom. The molecule has 0 amide bonds. The van der Waals surface area contributed by atoms with Crippen molar-refractivity contribution in [3.8, 4) is 0 Å². The van der Waals surface area contributed by atoms with Crippen molar-refractivity contribution >= 4 is 0 Å². The van der Waals surface area contributed by atoms with Gasteiger partial charge in [0.25, 0.3) is 0 Å². The Hall–Kier alpha value is -0.910. The highest BCUT2D eigenvalue weighted by atomic mass is 16.5. The first-order chi connectivity index (χ1) is 7.83. The van der Waals surface area contributed by atoms with Gasteiger partial charge in [-0.25, -0.2) is 0 Å². The average Bonchev–Trinajstić information content (AvgIpc) is 2.77. The van der Waals surface area contributed by atoms with Crippen molar-refractivity contribution in [1.82, 2.24) is 15.2 Å². The second-order valence-corrected chi connectivity index (χ2v) is 3.69. The lowest BCUT2D eigenvalue weighted by molar-refractivity contribution is 0.123. The molecule has 0 saturated heterocycles. The van der Waals surface area contributed by atoms with E-state index in [4.69, 9.17) is 10.6 Å². The highest BCUT2D eigenvalue weighted by molar-refractivity contribution is 5.06. The minimum atomic E-state index is 0.110. The number of hydrazine groups is 1. The van der Waals surface area contributed by atoms with Gasteiger partial charge in [-0.3, -0.25) is 16.0 Å². The van der Waals surface area contributed by atoms with E-state index < -0.39 is 0 Å². The number of ether oxygens (including phenoxy) is 1. The van der Waals surface area contributed by atoms with Gasteiger partial charge in [0.2, 0.25) is 0 Å². The van der Waals surface area contributed by atoms with Crippen molar-refractivity contribution in [3.05, 3.63) is 18.0 Å². The summed E-state index contributed by atoms with van der Waals surface area (Å²) in [7, 11) is 0. The Balaban J connectivity index is 2.47. The van der Waals surface area contributed by atoms with Gasteiger partial charge in [-0.1, -0.05) is 6.92 Å². The number of hydrogen-bond acceptors (Lipinski definition) is 4. The summed E-state index contributed by atoms with van der Waals surface area (Å²) in [6.07, 6.45) is 3.71. The molecule has 16 heavy (non-hydrogen) atoms. The van der Waals surface area contributed by atoms with E-state index in [2.05, 4.69) is 24.4 Å². The highest BCUT2D eigenvalue weighted by Gasteiger charge is 2.13. The van der Waals surface area contributed by atoms with Crippen LogP contribution in [-0.2, 0) is 11.3 Å². The first-order valence-corrected chi connectivity index (χ1v) is 5.89. The van der Waals surface area contributed by atoms with Crippen LogP contribution in [0.15, 0.2) is 12.3 Å². The number of nitrogens with one attached hydrogen (secondary N) is 1. The maximum absolute atomic E-state index is 5.56. The molecule has 0 bridgehead atoms. The smallest absolute Gasteiger partial charge is 0.0650 e. The molecule has 3 N–H and O–H groups in total. The summed E-state index contributed by atoms with van der Waals surface area (Å²) in [4.78, 5) is 0. The quantitative estimate of drug-likeness (QED) is 0.397. The zero-order chi connectivity index (χ0) is 11.8. The van der Waals surface area contributed by atoms with Crippen LogP contribution in [0.25, 0.3) is 0 Å². The standard InChI is InChI=1S/C11H22N4O/c1-3-8-16-9-6-10(14-12)11-5-7-13-15(11)4-2/h5,7,10,14H,3-4,6,8-9,12H2,1-2H3. The van der Waals surface area contributed by atoms with E-state index in [0.717, 1.165) is 38.3 Å². The number of nitrogens with zero attached hydrogens (tertiary/aromatic N) is 2. The Morgan fingerprint density at radius 1 is 1.50 bits per heavy atom. The molecule has 0 fully saturated rings. The van der Waals surface area contributed by atoms with Crippen molar-refractivity contribution in [2.24, 2.45) is 5.84 Å². The van der Waals surface area contributed by atoms with Crippen molar-refractivity contribution in [1.29, 1.82) is 0 Å². The first kappa shape index (κ1) is 13.2. The van der Waals surface area contributed by atoms with Gasteiger partial charge < -0.3 is 4.74 Å². The normalized spacial score (nSPS) is 12.9. The van der Waals surface area contributed by atoms with E-state index in [1.54, 1.807) is 6.20 Å². The molecule has 0 aliphatic heterocycles. The summed E-state index contributed by atoms with van der Waals surface area (Å²) in [6.45, 7) is 6.56. The van der Waals surface area contributed by atoms with Crippen LogP contribution in [0.2, 0.25) is 0 Å². The number of rotatable bonds is 8. The lowest BCUT2D eigenvalue weighted by Gasteiger charge is -2.17. The molecule has 1 rings (SSSR count). The molecule has 5 heteroatoms. The van der Waals surface area contributed by atoms with Gasteiger partial charge in [0, 0.05) is 26.0 Å². The maximum atomic E-state index is 5.56. The molecule has 1 aromatic rings. The molecule has 1 unspecified atom stereocenters. The molecule has 0 saturated carbocycles. The fraction of sp³-hybridized carbons (Fsp3) is 0.727. The monoisotopic (exact) mass is 226 g/mol. The van der Waals surface area contributed by atoms with Crippen molar-refractivity contribution in [2.75, 3.05) is 13.2 Å². The van der Waals surface area contributed by atoms with Crippen LogP contribution in [0, 0.1) is 0 Å². The van der Waals surface area contributed by atoms with Crippen LogP contribution in [0.4, 0.5) is 0 Å². The molecule has 5 nitrogen and oxygen atoms in total. The first-order valence-electron chi connectivity index (χ1n) is 5.89. The molecule has 0 radical (unpaired) electrons. The summed E-state index contributed by atoms with van der Waals surface area (Å²) in [6, 6.07) is 2.10. The van der Waals surface area contributed by atoms with E-state index in [9.17, 15) is 0 Å². The zero-order valence-corrected chi connectivity index (χ0v) is 10.1. The summed E-state index contributed by atoms with van der Waals surface area (Å²) in [5.74, 6) is 5.56. The molecular formula is C11H22N4O. The third-order valence-corrected chi connectivity index (χ3v) is 2.51. The fourth-order valence-corrected chi connectivity index (χ4v) is 1.67. The Bertz CT molecular complexity index is 287. The average molecular weight is 226 g/mol. The summed E-state index contributed by atoms with van der Waals surface area (Å²) < 4.78 is 7.41. The van der Waals surface area contributed by atoms with Gasteiger partial charge in [0.05, 0.1) is 11.7 Å². The fourth-order valence-electron chi connectivity index (χ4n) is 1.67. The molecular weight excluding hydrogens is 204 g/mol.